The van der Waals surface area contributed by atoms with Crippen molar-refractivity contribution in [3.8, 4) is 0 Å². The maximum absolute atomic E-state index is 13.6. The molecule has 77 heavy (non-hydrogen) atoms. The maximum atomic E-state index is 13.6. The third kappa shape index (κ3) is 11.5. The van der Waals surface area contributed by atoms with Gasteiger partial charge in [0.1, 0.15) is 72.9 Å². The van der Waals surface area contributed by atoms with Crippen LogP contribution in [0.25, 0.3) is 0 Å². The summed E-state index contributed by atoms with van der Waals surface area (Å²) in [5.74, 6) is -2.46. The van der Waals surface area contributed by atoms with Crippen LogP contribution in [0.2, 0.25) is 0 Å². The van der Waals surface area contributed by atoms with Crippen molar-refractivity contribution in [3.63, 3.8) is 0 Å². The van der Waals surface area contributed by atoms with Gasteiger partial charge in [0.2, 0.25) is 0 Å². The number of aliphatic hydroxyl groups is 6. The summed E-state index contributed by atoms with van der Waals surface area (Å²) in [7, 11) is 4.51. The first-order chi connectivity index (χ1) is 36.3. The number of aliphatic hydroxyl groups excluding tert-OH is 5. The van der Waals surface area contributed by atoms with Gasteiger partial charge in [0.15, 0.2) is 25.2 Å². The summed E-state index contributed by atoms with van der Waals surface area (Å²) in [6, 6.07) is 0. The van der Waals surface area contributed by atoms with E-state index in [0.29, 0.717) is 44.9 Å². The number of fused-ring (bicyclic) bond motifs is 5. The zero-order valence-electron chi connectivity index (χ0n) is 46.8. The predicted octanol–water partition coefficient (Wildman–Crippen LogP) is 2.14. The first kappa shape index (κ1) is 60.8. The van der Waals surface area contributed by atoms with Gasteiger partial charge in [-0.3, -0.25) is 14.4 Å². The van der Waals surface area contributed by atoms with E-state index in [1.807, 2.05) is 27.7 Å². The number of allylic oxidation sites excluding steroid dienone is 1. The minimum Gasteiger partial charge on any atom is -0.458 e. The summed E-state index contributed by atoms with van der Waals surface area (Å²) in [6.07, 6.45) is -14.4. The van der Waals surface area contributed by atoms with Gasteiger partial charge in [-0.25, -0.2) is 0 Å². The molecule has 22 heteroatoms. The molecule has 0 bridgehead atoms. The van der Waals surface area contributed by atoms with Crippen LogP contribution in [0.5, 0.6) is 0 Å². The molecule has 4 saturated heterocycles. The van der Waals surface area contributed by atoms with Crippen LogP contribution in [0, 0.1) is 34.5 Å². The van der Waals surface area contributed by atoms with Crippen LogP contribution in [0.3, 0.4) is 0 Å². The Morgan fingerprint density at radius 2 is 1.30 bits per heavy atom. The van der Waals surface area contributed by atoms with E-state index < -0.39 is 170 Å². The summed E-state index contributed by atoms with van der Waals surface area (Å²) in [5, 5.41) is 65.4. The highest BCUT2D eigenvalue weighted by atomic mass is 16.8. The Hall–Kier alpha value is -2.33. The highest BCUT2D eigenvalue weighted by Gasteiger charge is 2.75. The molecule has 8 rings (SSSR count). The topological polar surface area (TPSA) is 293 Å². The molecule has 0 aromatic carbocycles. The van der Waals surface area contributed by atoms with Gasteiger partial charge in [0.05, 0.1) is 48.8 Å². The number of carbonyl (C=O) groups excluding carboxylic acids is 3. The van der Waals surface area contributed by atoms with Crippen molar-refractivity contribution in [1.82, 2.24) is 0 Å². The van der Waals surface area contributed by atoms with Crippen LogP contribution in [0.4, 0.5) is 0 Å². The van der Waals surface area contributed by atoms with Gasteiger partial charge in [-0.1, -0.05) is 39.3 Å². The molecule has 8 aliphatic rings. The molecule has 6 N–H and O–H groups in total. The second kappa shape index (κ2) is 24.2. The Kier molecular flexibility index (Phi) is 19.1. The Morgan fingerprint density at radius 1 is 0.701 bits per heavy atom. The predicted molar refractivity (Wildman–Crippen MR) is 267 cm³/mol. The Morgan fingerprint density at radius 3 is 1.88 bits per heavy atom. The largest absolute Gasteiger partial charge is 0.458 e. The summed E-state index contributed by atoms with van der Waals surface area (Å²) in [4.78, 5) is 40.0. The zero-order chi connectivity index (χ0) is 56.2. The fourth-order valence-electron chi connectivity index (χ4n) is 14.9. The monoisotopic (exact) mass is 1100 g/mol. The molecule has 27 unspecified atom stereocenters. The smallest absolute Gasteiger partial charge is 0.306 e. The molecule has 0 spiro atoms. The molecular formula is C55H88O22. The molecule has 7 fully saturated rings. The van der Waals surface area contributed by atoms with Gasteiger partial charge in [0.25, 0.3) is 0 Å². The van der Waals surface area contributed by atoms with E-state index in [0.717, 1.165) is 5.57 Å². The molecule has 27 atom stereocenters. The number of ether oxygens (including phenoxy) is 13. The number of ketones is 1. The van der Waals surface area contributed by atoms with Gasteiger partial charge in [-0.2, -0.15) is 0 Å². The summed E-state index contributed by atoms with van der Waals surface area (Å²) in [5.41, 5.74) is -2.02. The average molecular weight is 1100 g/mol. The number of carbonyl (C=O) groups is 3. The lowest BCUT2D eigenvalue weighted by Gasteiger charge is -2.64. The molecule has 0 aromatic rings. The Balaban J connectivity index is 0.894. The SMILES string of the molecule is COC1CC(OC2CCC3(C)C(=CCC4C3C(OC(C)=O)C(OC(=O)CC(C)C)C3(C)C(C(C)=O)CCC43O)C2)OC(C)C1OC1CC(OC)C(OC2OC(C)C(OC3OC(CO)C(O)C(O)C3O)C(OC)C2O)C(C)O1. The molecule has 0 aromatic heterocycles. The van der Waals surface area contributed by atoms with E-state index in [2.05, 4.69) is 13.0 Å². The molecule has 0 amide bonds. The lowest BCUT2D eigenvalue weighted by atomic mass is 9.44. The molecule has 4 heterocycles. The van der Waals surface area contributed by atoms with Gasteiger partial charge in [-0.05, 0) is 83.5 Å². The lowest BCUT2D eigenvalue weighted by Crippen LogP contribution is -2.72. The Bertz CT molecular complexity index is 2070. The first-order valence-electron chi connectivity index (χ1n) is 27.8. The van der Waals surface area contributed by atoms with Crippen molar-refractivity contribution in [1.29, 1.82) is 0 Å². The van der Waals surface area contributed by atoms with Gasteiger partial charge < -0.3 is 92.2 Å². The van der Waals surface area contributed by atoms with Crippen LogP contribution in [0.1, 0.15) is 120 Å². The van der Waals surface area contributed by atoms with E-state index in [1.54, 1.807) is 21.0 Å². The van der Waals surface area contributed by atoms with Crippen molar-refractivity contribution in [3.05, 3.63) is 11.6 Å². The van der Waals surface area contributed by atoms with E-state index in [1.165, 1.54) is 28.1 Å². The number of rotatable bonds is 17. The number of esters is 2. The van der Waals surface area contributed by atoms with E-state index in [-0.39, 0.29) is 36.6 Å². The number of Topliss-reactive ketones (excluding diaryl/α,β-unsaturated/α-hetero) is 1. The van der Waals surface area contributed by atoms with Crippen LogP contribution in [0.15, 0.2) is 11.6 Å². The summed E-state index contributed by atoms with van der Waals surface area (Å²) in [6.45, 7) is 15.4. The summed E-state index contributed by atoms with van der Waals surface area (Å²) >= 11 is 0. The minimum atomic E-state index is -1.68. The molecule has 3 saturated carbocycles. The van der Waals surface area contributed by atoms with Gasteiger partial charge >= 0.3 is 11.9 Å². The first-order valence-corrected chi connectivity index (χ1v) is 27.8. The van der Waals surface area contributed by atoms with Gasteiger partial charge in [-0.15, -0.1) is 0 Å². The van der Waals surface area contributed by atoms with Crippen LogP contribution < -0.4 is 0 Å². The van der Waals surface area contributed by atoms with Crippen molar-refractivity contribution in [2.45, 2.75) is 255 Å². The minimum absolute atomic E-state index is 0.0000495. The normalized spacial score (nSPS) is 49.0. The average Bonchev–Trinajstić information content (AvgIpc) is 3.90. The molecule has 0 radical (unpaired) electrons. The number of hydrogen-bond donors (Lipinski definition) is 6. The third-order valence-corrected chi connectivity index (χ3v) is 18.9. The fourth-order valence-corrected chi connectivity index (χ4v) is 14.9. The molecule has 440 valence electrons. The number of hydrogen-bond acceptors (Lipinski definition) is 22. The van der Waals surface area contributed by atoms with E-state index in [4.69, 9.17) is 61.6 Å². The van der Waals surface area contributed by atoms with Crippen molar-refractivity contribution in [2.75, 3.05) is 27.9 Å². The maximum Gasteiger partial charge on any atom is 0.306 e. The van der Waals surface area contributed by atoms with E-state index >= 15 is 0 Å². The van der Waals surface area contributed by atoms with Crippen LogP contribution in [-0.2, 0) is 76.0 Å². The second-order valence-electron chi connectivity index (χ2n) is 24.0. The molecule has 4 aliphatic heterocycles. The zero-order valence-corrected chi connectivity index (χ0v) is 46.8. The standard InChI is InChI=1S/C55H88O22/c1-24(2)19-37(59)74-50-48(71-29(7)58)40-33(55(64)18-16-32(25(3)57)54(50,55)9)14-13-30-20-31(15-17-53(30,40)8)72-38-21-34(65-10)45(26(4)68-38)75-39-22-35(66-11)46(27(5)69-39)76-52-44(63)49(67-12)47(28(6)70-52)77-51-43(62)42(61)41(60)36(23-56)73-51/h13,24,26-28,31-36,38-52,56,60-64H,14-23H2,1-12H3. The van der Waals surface area contributed by atoms with Crippen LogP contribution in [-0.4, -0.2) is 211 Å². The van der Waals surface area contributed by atoms with Crippen molar-refractivity contribution < 1.29 is 107 Å². The highest BCUT2D eigenvalue weighted by Crippen LogP contribution is 2.69. The second-order valence-corrected chi connectivity index (χ2v) is 24.0. The third-order valence-electron chi connectivity index (χ3n) is 18.9. The molecule has 4 aliphatic carbocycles. The van der Waals surface area contributed by atoms with Crippen molar-refractivity contribution in [2.24, 2.45) is 34.5 Å². The summed E-state index contributed by atoms with van der Waals surface area (Å²) < 4.78 is 80.7. The molecular weight excluding hydrogens is 1010 g/mol. The highest BCUT2D eigenvalue weighted by molar-refractivity contribution is 5.80. The number of methoxy groups -OCH3 is 3. The molecule has 22 nitrogen and oxygen atoms in total. The fraction of sp³-hybridized carbons (Fsp3) is 0.909. The Labute approximate surface area is 451 Å². The van der Waals surface area contributed by atoms with Crippen LogP contribution >= 0.6 is 0 Å². The van der Waals surface area contributed by atoms with Crippen molar-refractivity contribution >= 4 is 17.7 Å². The quantitative estimate of drug-likeness (QED) is 0.0898. The van der Waals surface area contributed by atoms with E-state index in [9.17, 15) is 45.0 Å². The lowest BCUT2D eigenvalue weighted by molar-refractivity contribution is -0.373. The van der Waals surface area contributed by atoms with Gasteiger partial charge in [0, 0.05) is 64.8 Å².